The predicted octanol–water partition coefficient (Wildman–Crippen LogP) is 2.01. The van der Waals surface area contributed by atoms with Crippen LogP contribution in [0.3, 0.4) is 0 Å². The summed E-state index contributed by atoms with van der Waals surface area (Å²) < 4.78 is 1.67. The summed E-state index contributed by atoms with van der Waals surface area (Å²) in [5.74, 6) is 1.41. The number of fused-ring (bicyclic) bond motifs is 1. The van der Waals surface area contributed by atoms with E-state index in [9.17, 15) is 4.79 Å². The highest BCUT2D eigenvalue weighted by Gasteiger charge is 2.22. The lowest BCUT2D eigenvalue weighted by Crippen LogP contribution is -2.22. The van der Waals surface area contributed by atoms with Crippen LogP contribution < -0.4 is 5.69 Å². The molecule has 2 aliphatic rings. The molecule has 16 heavy (non-hydrogen) atoms. The van der Waals surface area contributed by atoms with Gasteiger partial charge in [-0.25, -0.2) is 14.8 Å². The largest absolute Gasteiger partial charge is 0.349 e. The van der Waals surface area contributed by atoms with E-state index in [1.54, 1.807) is 17.0 Å². The van der Waals surface area contributed by atoms with E-state index in [1.165, 1.54) is 37.7 Å². The van der Waals surface area contributed by atoms with Gasteiger partial charge in [0.2, 0.25) is 0 Å². The number of hydrogen-bond donors (Lipinski definition) is 0. The predicted molar refractivity (Wildman–Crippen MR) is 62.5 cm³/mol. The standard InChI is InChI=1S/C12H15N3O/c16-12-14-8-10(9-4-2-1-3-5-9)11-13-6-7-15(11)12/h6,8-9H,1-5,7H2. The van der Waals surface area contributed by atoms with Crippen molar-refractivity contribution in [1.29, 1.82) is 0 Å². The van der Waals surface area contributed by atoms with Gasteiger partial charge in [-0.3, -0.25) is 4.57 Å². The SMILES string of the molecule is O=c1ncc(C2CCCCC2)c2n1CC=N2. The highest BCUT2D eigenvalue weighted by atomic mass is 16.1. The maximum absolute atomic E-state index is 11.5. The molecule has 3 rings (SSSR count). The molecule has 1 aliphatic carbocycles. The Labute approximate surface area is 94.0 Å². The molecule has 0 aromatic carbocycles. The van der Waals surface area contributed by atoms with Crippen LogP contribution in [-0.4, -0.2) is 15.8 Å². The summed E-state index contributed by atoms with van der Waals surface area (Å²) in [5, 5.41) is 0. The zero-order valence-corrected chi connectivity index (χ0v) is 9.22. The Morgan fingerprint density at radius 1 is 1.25 bits per heavy atom. The molecule has 84 valence electrons. The van der Waals surface area contributed by atoms with Gasteiger partial charge in [0.05, 0.1) is 6.54 Å². The molecule has 0 N–H and O–H groups in total. The van der Waals surface area contributed by atoms with Gasteiger partial charge < -0.3 is 0 Å². The summed E-state index contributed by atoms with van der Waals surface area (Å²) in [5.41, 5.74) is 1.00. The van der Waals surface area contributed by atoms with Gasteiger partial charge in [0, 0.05) is 18.0 Å². The van der Waals surface area contributed by atoms with Crippen LogP contribution in [-0.2, 0) is 6.54 Å². The molecule has 4 nitrogen and oxygen atoms in total. The second-order valence-corrected chi connectivity index (χ2v) is 4.58. The van der Waals surface area contributed by atoms with Crippen LogP contribution in [0.4, 0.5) is 5.82 Å². The molecule has 2 heterocycles. The maximum Gasteiger partial charge on any atom is 0.349 e. The topological polar surface area (TPSA) is 47.2 Å². The lowest BCUT2D eigenvalue weighted by Gasteiger charge is -2.22. The summed E-state index contributed by atoms with van der Waals surface area (Å²) in [6, 6.07) is 0. The van der Waals surface area contributed by atoms with E-state index >= 15 is 0 Å². The number of rotatable bonds is 1. The van der Waals surface area contributed by atoms with Crippen LogP contribution in [0, 0.1) is 0 Å². The average Bonchev–Trinajstić information content (AvgIpc) is 2.81. The molecular weight excluding hydrogens is 202 g/mol. The Kier molecular flexibility index (Phi) is 2.35. The highest BCUT2D eigenvalue weighted by molar-refractivity contribution is 5.68. The van der Waals surface area contributed by atoms with Crippen molar-refractivity contribution in [3.05, 3.63) is 22.2 Å². The van der Waals surface area contributed by atoms with Crippen LogP contribution in [0.2, 0.25) is 0 Å². The minimum atomic E-state index is -0.174. The van der Waals surface area contributed by atoms with Crippen LogP contribution in [0.5, 0.6) is 0 Å². The van der Waals surface area contributed by atoms with Gasteiger partial charge in [0.1, 0.15) is 5.82 Å². The minimum absolute atomic E-state index is 0.174. The molecule has 1 aromatic heterocycles. The fourth-order valence-electron chi connectivity index (χ4n) is 2.72. The monoisotopic (exact) mass is 217 g/mol. The van der Waals surface area contributed by atoms with E-state index in [-0.39, 0.29) is 5.69 Å². The normalized spacial score (nSPS) is 20.0. The van der Waals surface area contributed by atoms with Crippen LogP contribution >= 0.6 is 0 Å². The summed E-state index contributed by atoms with van der Waals surface area (Å²) in [4.78, 5) is 19.8. The van der Waals surface area contributed by atoms with Gasteiger partial charge in [0.25, 0.3) is 0 Å². The second-order valence-electron chi connectivity index (χ2n) is 4.58. The minimum Gasteiger partial charge on any atom is -0.271 e. The van der Waals surface area contributed by atoms with Crippen molar-refractivity contribution in [3.8, 4) is 0 Å². The Hall–Kier alpha value is -1.45. The third-order valence-electron chi connectivity index (χ3n) is 3.58. The highest BCUT2D eigenvalue weighted by Crippen LogP contribution is 2.37. The lowest BCUT2D eigenvalue weighted by atomic mass is 9.85. The first kappa shape index (κ1) is 9.75. The lowest BCUT2D eigenvalue weighted by molar-refractivity contribution is 0.441. The van der Waals surface area contributed by atoms with E-state index < -0.39 is 0 Å². The molecule has 4 heteroatoms. The molecule has 1 aliphatic heterocycles. The Balaban J connectivity index is 2.04. The number of nitrogens with zero attached hydrogens (tertiary/aromatic N) is 3. The summed E-state index contributed by atoms with van der Waals surface area (Å²) >= 11 is 0. The van der Waals surface area contributed by atoms with Gasteiger partial charge in [-0.15, -0.1) is 0 Å². The van der Waals surface area contributed by atoms with Gasteiger partial charge in [0.15, 0.2) is 0 Å². The van der Waals surface area contributed by atoms with Crippen LogP contribution in [0.25, 0.3) is 0 Å². The molecule has 1 fully saturated rings. The summed E-state index contributed by atoms with van der Waals surface area (Å²) in [7, 11) is 0. The summed E-state index contributed by atoms with van der Waals surface area (Å²) in [6.45, 7) is 0.585. The molecule has 1 saturated carbocycles. The molecule has 0 unspecified atom stereocenters. The molecule has 0 atom stereocenters. The van der Waals surface area contributed by atoms with E-state index in [0.717, 1.165) is 5.82 Å². The van der Waals surface area contributed by atoms with Crippen molar-refractivity contribution in [1.82, 2.24) is 9.55 Å². The third kappa shape index (κ3) is 1.49. The second kappa shape index (κ2) is 3.85. The van der Waals surface area contributed by atoms with E-state index in [1.807, 2.05) is 0 Å². The molecule has 0 bridgehead atoms. The van der Waals surface area contributed by atoms with Crippen molar-refractivity contribution in [2.75, 3.05) is 0 Å². The van der Waals surface area contributed by atoms with E-state index in [4.69, 9.17) is 0 Å². The van der Waals surface area contributed by atoms with Gasteiger partial charge >= 0.3 is 5.69 Å². The number of hydrogen-bond acceptors (Lipinski definition) is 3. The zero-order valence-electron chi connectivity index (χ0n) is 9.22. The first-order valence-corrected chi connectivity index (χ1v) is 5.98. The van der Waals surface area contributed by atoms with Gasteiger partial charge in [-0.05, 0) is 18.8 Å². The Morgan fingerprint density at radius 3 is 2.88 bits per heavy atom. The van der Waals surface area contributed by atoms with Crippen molar-refractivity contribution in [3.63, 3.8) is 0 Å². The molecule has 0 radical (unpaired) electrons. The fraction of sp³-hybridized carbons (Fsp3) is 0.583. The molecule has 0 amide bonds. The molecule has 1 aromatic rings. The number of aliphatic imine (C=N–C) groups is 1. The fourth-order valence-corrected chi connectivity index (χ4v) is 2.72. The number of aromatic nitrogens is 2. The molecular formula is C12H15N3O. The van der Waals surface area contributed by atoms with Gasteiger partial charge in [-0.2, -0.15) is 0 Å². The van der Waals surface area contributed by atoms with Gasteiger partial charge in [-0.1, -0.05) is 19.3 Å². The van der Waals surface area contributed by atoms with E-state index in [2.05, 4.69) is 9.98 Å². The van der Waals surface area contributed by atoms with Crippen molar-refractivity contribution >= 4 is 12.0 Å². The average molecular weight is 217 g/mol. The maximum atomic E-state index is 11.5. The zero-order chi connectivity index (χ0) is 11.0. The van der Waals surface area contributed by atoms with Crippen molar-refractivity contribution in [2.24, 2.45) is 4.99 Å². The van der Waals surface area contributed by atoms with Crippen molar-refractivity contribution < 1.29 is 0 Å². The van der Waals surface area contributed by atoms with E-state index in [0.29, 0.717) is 12.5 Å². The molecule has 0 saturated heterocycles. The quantitative estimate of drug-likeness (QED) is 0.722. The Bertz CT molecular complexity index is 484. The van der Waals surface area contributed by atoms with Crippen molar-refractivity contribution in [2.45, 2.75) is 44.6 Å². The third-order valence-corrected chi connectivity index (χ3v) is 3.58. The molecule has 0 spiro atoms. The first-order valence-electron chi connectivity index (χ1n) is 5.98. The van der Waals surface area contributed by atoms with Crippen LogP contribution in [0.15, 0.2) is 16.0 Å². The Morgan fingerprint density at radius 2 is 2.06 bits per heavy atom. The summed E-state index contributed by atoms with van der Waals surface area (Å²) in [6.07, 6.45) is 9.87. The first-order chi connectivity index (χ1) is 7.86. The van der Waals surface area contributed by atoms with Crippen LogP contribution in [0.1, 0.15) is 43.6 Å². The smallest absolute Gasteiger partial charge is 0.271 e.